The normalized spacial score (nSPS) is 11.3. The molecule has 0 atom stereocenters. The van der Waals surface area contributed by atoms with Crippen molar-refractivity contribution in [1.29, 1.82) is 0 Å². The lowest BCUT2D eigenvalue weighted by Crippen LogP contribution is -2.28. The lowest BCUT2D eigenvalue weighted by atomic mass is 9.96. The summed E-state index contributed by atoms with van der Waals surface area (Å²) in [5.41, 5.74) is 0.465. The Morgan fingerprint density at radius 2 is 1.85 bits per heavy atom. The van der Waals surface area contributed by atoms with Crippen LogP contribution in [0.5, 0.6) is 0 Å². The zero-order valence-corrected chi connectivity index (χ0v) is 14.9. The number of aromatic nitrogens is 3. The van der Waals surface area contributed by atoms with Crippen molar-refractivity contribution < 1.29 is 9.32 Å². The minimum absolute atomic E-state index is 0.156. The highest BCUT2D eigenvalue weighted by Crippen LogP contribution is 2.23. The van der Waals surface area contributed by atoms with Gasteiger partial charge in [0.1, 0.15) is 12.2 Å². The number of nitrogens with one attached hydrogen (secondary N) is 1. The van der Waals surface area contributed by atoms with Crippen LogP contribution in [0.15, 0.2) is 57.8 Å². The van der Waals surface area contributed by atoms with E-state index >= 15 is 0 Å². The van der Waals surface area contributed by atoms with E-state index in [1.54, 1.807) is 24.3 Å². The number of benzene rings is 1. The van der Waals surface area contributed by atoms with Gasteiger partial charge >= 0.3 is 0 Å². The second-order valence-electron chi connectivity index (χ2n) is 6.92. The van der Waals surface area contributed by atoms with Gasteiger partial charge in [-0.25, -0.2) is 0 Å². The Morgan fingerprint density at radius 1 is 1.12 bits per heavy atom. The summed E-state index contributed by atoms with van der Waals surface area (Å²) < 4.78 is 6.64. The third-order valence-electron chi connectivity index (χ3n) is 3.72. The van der Waals surface area contributed by atoms with Crippen molar-refractivity contribution in [2.24, 2.45) is 0 Å². The molecule has 3 aromatic rings. The van der Waals surface area contributed by atoms with Crippen LogP contribution in [-0.2, 0) is 16.8 Å². The number of carbonyl (C=O) groups is 1. The summed E-state index contributed by atoms with van der Waals surface area (Å²) in [5, 5.41) is 6.74. The number of rotatable bonds is 4. The molecule has 0 aliphatic carbocycles. The topological polar surface area (TPSA) is 90.0 Å². The molecule has 0 aliphatic rings. The number of pyridine rings is 1. The van der Waals surface area contributed by atoms with E-state index < -0.39 is 0 Å². The van der Waals surface area contributed by atoms with E-state index in [0.29, 0.717) is 17.2 Å². The lowest BCUT2D eigenvalue weighted by Gasteiger charge is -2.11. The van der Waals surface area contributed by atoms with Gasteiger partial charge in [-0.15, -0.1) is 0 Å². The fourth-order valence-electron chi connectivity index (χ4n) is 2.37. The molecule has 0 unspecified atom stereocenters. The van der Waals surface area contributed by atoms with Crippen molar-refractivity contribution in [3.05, 3.63) is 64.7 Å². The third-order valence-corrected chi connectivity index (χ3v) is 3.72. The molecule has 2 aromatic heterocycles. The molecule has 0 radical (unpaired) electrons. The van der Waals surface area contributed by atoms with Crippen LogP contribution in [0.3, 0.4) is 0 Å². The number of nitrogens with zero attached hydrogens (tertiary/aromatic N) is 3. The van der Waals surface area contributed by atoms with E-state index in [0.717, 1.165) is 0 Å². The Labute approximate surface area is 150 Å². The highest BCUT2D eigenvalue weighted by molar-refractivity contribution is 5.90. The molecule has 134 valence electrons. The van der Waals surface area contributed by atoms with Gasteiger partial charge in [-0.1, -0.05) is 50.2 Å². The Morgan fingerprint density at radius 3 is 2.50 bits per heavy atom. The van der Waals surface area contributed by atoms with Crippen LogP contribution in [0.1, 0.15) is 26.6 Å². The van der Waals surface area contributed by atoms with Crippen LogP contribution >= 0.6 is 0 Å². The first kappa shape index (κ1) is 17.6. The maximum atomic E-state index is 12.3. The molecule has 0 bridgehead atoms. The molecule has 26 heavy (non-hydrogen) atoms. The molecule has 0 fully saturated rings. The van der Waals surface area contributed by atoms with Gasteiger partial charge in [0.05, 0.1) is 0 Å². The fraction of sp³-hybridized carbons (Fsp3) is 0.263. The summed E-state index contributed by atoms with van der Waals surface area (Å²) in [6.45, 7) is 5.74. The number of carbonyl (C=O) groups excluding carboxylic acids is 1. The van der Waals surface area contributed by atoms with Crippen LogP contribution in [-0.4, -0.2) is 20.6 Å². The van der Waals surface area contributed by atoms with Crippen LogP contribution < -0.4 is 10.9 Å². The lowest BCUT2D eigenvalue weighted by molar-refractivity contribution is -0.116. The van der Waals surface area contributed by atoms with E-state index in [9.17, 15) is 9.59 Å². The standard InChI is InChI=1S/C19H20N4O3/c1-19(2,3)18-21-17(26-22-18)14-10-7-11-16(25)23(14)12-15(24)20-13-8-5-4-6-9-13/h4-11H,12H2,1-3H3,(H,20,24). The van der Waals surface area contributed by atoms with E-state index in [2.05, 4.69) is 15.5 Å². The molecule has 7 nitrogen and oxygen atoms in total. The summed E-state index contributed by atoms with van der Waals surface area (Å²) in [7, 11) is 0. The van der Waals surface area contributed by atoms with Crippen molar-refractivity contribution in [3.8, 4) is 11.6 Å². The second-order valence-corrected chi connectivity index (χ2v) is 6.92. The summed E-state index contributed by atoms with van der Waals surface area (Å²) in [5.74, 6) is 0.422. The number of amides is 1. The Hall–Kier alpha value is -3.22. The highest BCUT2D eigenvalue weighted by atomic mass is 16.5. The average Bonchev–Trinajstić information content (AvgIpc) is 3.08. The quantitative estimate of drug-likeness (QED) is 0.780. The molecular formula is C19H20N4O3. The van der Waals surface area contributed by atoms with Crippen LogP contribution in [0.4, 0.5) is 5.69 Å². The monoisotopic (exact) mass is 352 g/mol. The largest absolute Gasteiger partial charge is 0.332 e. The minimum atomic E-state index is -0.318. The van der Waals surface area contributed by atoms with Crippen molar-refractivity contribution in [3.63, 3.8) is 0 Å². The fourth-order valence-corrected chi connectivity index (χ4v) is 2.37. The van der Waals surface area contributed by atoms with Crippen molar-refractivity contribution in [2.45, 2.75) is 32.7 Å². The molecule has 1 N–H and O–H groups in total. The molecule has 1 aromatic carbocycles. The van der Waals surface area contributed by atoms with E-state index in [1.807, 2.05) is 39.0 Å². The van der Waals surface area contributed by atoms with Crippen molar-refractivity contribution >= 4 is 11.6 Å². The van der Waals surface area contributed by atoms with Crippen molar-refractivity contribution in [1.82, 2.24) is 14.7 Å². The molecule has 7 heteroatoms. The van der Waals surface area contributed by atoms with Crippen LogP contribution in [0.25, 0.3) is 11.6 Å². The van der Waals surface area contributed by atoms with Gasteiger partial charge in [0, 0.05) is 17.2 Å². The summed E-state index contributed by atoms with van der Waals surface area (Å²) in [4.78, 5) is 29.0. The predicted octanol–water partition coefficient (Wildman–Crippen LogP) is 2.83. The van der Waals surface area contributed by atoms with Gasteiger partial charge in [0.25, 0.3) is 11.4 Å². The minimum Gasteiger partial charge on any atom is -0.332 e. The van der Waals surface area contributed by atoms with Gasteiger partial charge in [0.15, 0.2) is 5.82 Å². The predicted molar refractivity (Wildman–Crippen MR) is 97.8 cm³/mol. The molecule has 1 amide bonds. The van der Waals surface area contributed by atoms with E-state index in [1.165, 1.54) is 10.6 Å². The molecule has 0 saturated carbocycles. The summed E-state index contributed by atoms with van der Waals surface area (Å²) >= 11 is 0. The Bertz CT molecular complexity index is 968. The molecule has 2 heterocycles. The van der Waals surface area contributed by atoms with Gasteiger partial charge in [-0.05, 0) is 18.2 Å². The zero-order valence-electron chi connectivity index (χ0n) is 14.9. The molecule has 0 spiro atoms. The first-order valence-electron chi connectivity index (χ1n) is 8.24. The van der Waals surface area contributed by atoms with Gasteiger partial charge < -0.3 is 9.84 Å². The average molecular weight is 352 g/mol. The SMILES string of the molecule is CC(C)(C)c1noc(-c2cccc(=O)n2CC(=O)Nc2ccccc2)n1. The van der Waals surface area contributed by atoms with Gasteiger partial charge in [0.2, 0.25) is 5.91 Å². The van der Waals surface area contributed by atoms with Crippen LogP contribution in [0, 0.1) is 0 Å². The molecule has 3 rings (SSSR count). The maximum absolute atomic E-state index is 12.3. The molecule has 0 aliphatic heterocycles. The number of hydrogen-bond acceptors (Lipinski definition) is 5. The van der Waals surface area contributed by atoms with E-state index in [-0.39, 0.29) is 29.3 Å². The van der Waals surface area contributed by atoms with Gasteiger partial charge in [-0.3, -0.25) is 14.2 Å². The van der Waals surface area contributed by atoms with E-state index in [4.69, 9.17) is 4.52 Å². The maximum Gasteiger partial charge on any atom is 0.274 e. The second kappa shape index (κ2) is 6.95. The number of hydrogen-bond donors (Lipinski definition) is 1. The van der Waals surface area contributed by atoms with Crippen molar-refractivity contribution in [2.75, 3.05) is 5.32 Å². The number of para-hydroxylation sites is 1. The molecular weight excluding hydrogens is 332 g/mol. The smallest absolute Gasteiger partial charge is 0.274 e. The van der Waals surface area contributed by atoms with Gasteiger partial charge in [-0.2, -0.15) is 4.98 Å². The number of anilines is 1. The molecule has 0 saturated heterocycles. The first-order chi connectivity index (χ1) is 12.3. The first-order valence-corrected chi connectivity index (χ1v) is 8.24. The zero-order chi connectivity index (χ0) is 18.7. The summed E-state index contributed by atoms with van der Waals surface area (Å²) in [6.07, 6.45) is 0. The Balaban J connectivity index is 1.89. The summed E-state index contributed by atoms with van der Waals surface area (Å²) in [6, 6.07) is 13.7. The van der Waals surface area contributed by atoms with Crippen LogP contribution in [0.2, 0.25) is 0 Å². The third kappa shape index (κ3) is 3.88. The highest BCUT2D eigenvalue weighted by Gasteiger charge is 2.23. The Kier molecular flexibility index (Phi) is 4.71.